The van der Waals surface area contributed by atoms with Gasteiger partial charge in [0, 0.05) is 0 Å². The lowest BCUT2D eigenvalue weighted by Crippen LogP contribution is -2.21. The standard InChI is InChI=1S/C12H19N3/c1-5-11(13-7-3)10-8-9(4)14-15-12(10)6-2/h5,8,11,13H,1,6-7H2,2-4H3. The molecule has 1 heterocycles. The second-order valence-electron chi connectivity index (χ2n) is 3.51. The summed E-state index contributed by atoms with van der Waals surface area (Å²) in [6, 6.07) is 2.26. The van der Waals surface area contributed by atoms with Crippen LogP contribution in [0.15, 0.2) is 18.7 Å². The van der Waals surface area contributed by atoms with Gasteiger partial charge in [-0.15, -0.1) is 6.58 Å². The number of aromatic nitrogens is 2. The maximum Gasteiger partial charge on any atom is 0.0679 e. The zero-order valence-electron chi connectivity index (χ0n) is 9.75. The van der Waals surface area contributed by atoms with Crippen LogP contribution in [0.25, 0.3) is 0 Å². The first-order valence-electron chi connectivity index (χ1n) is 5.41. The monoisotopic (exact) mass is 205 g/mol. The van der Waals surface area contributed by atoms with Crippen LogP contribution < -0.4 is 5.32 Å². The molecule has 1 rings (SSSR count). The zero-order valence-corrected chi connectivity index (χ0v) is 9.75. The van der Waals surface area contributed by atoms with E-state index < -0.39 is 0 Å². The summed E-state index contributed by atoms with van der Waals surface area (Å²) in [6.07, 6.45) is 2.82. The van der Waals surface area contributed by atoms with Gasteiger partial charge in [0.25, 0.3) is 0 Å². The number of hydrogen-bond donors (Lipinski definition) is 1. The Hall–Kier alpha value is -1.22. The van der Waals surface area contributed by atoms with Crippen molar-refractivity contribution in [1.82, 2.24) is 15.5 Å². The quantitative estimate of drug-likeness (QED) is 0.749. The molecule has 82 valence electrons. The smallest absolute Gasteiger partial charge is 0.0679 e. The molecule has 0 saturated heterocycles. The van der Waals surface area contributed by atoms with Crippen LogP contribution in [-0.4, -0.2) is 16.7 Å². The third-order valence-electron chi connectivity index (χ3n) is 2.36. The summed E-state index contributed by atoms with van der Waals surface area (Å²) in [5.74, 6) is 0. The zero-order chi connectivity index (χ0) is 11.3. The molecule has 1 N–H and O–H groups in total. The van der Waals surface area contributed by atoms with Gasteiger partial charge in [0.05, 0.1) is 17.4 Å². The van der Waals surface area contributed by atoms with Crippen molar-refractivity contribution in [1.29, 1.82) is 0 Å². The van der Waals surface area contributed by atoms with Crippen molar-refractivity contribution in [3.63, 3.8) is 0 Å². The summed E-state index contributed by atoms with van der Waals surface area (Å²) in [7, 11) is 0. The fourth-order valence-corrected chi connectivity index (χ4v) is 1.62. The molecule has 1 atom stereocenters. The Bertz CT molecular complexity index is 334. The Morgan fingerprint density at radius 3 is 2.73 bits per heavy atom. The highest BCUT2D eigenvalue weighted by Crippen LogP contribution is 2.18. The maximum absolute atomic E-state index is 4.21. The van der Waals surface area contributed by atoms with Crippen molar-refractivity contribution < 1.29 is 0 Å². The first-order chi connectivity index (χ1) is 7.22. The summed E-state index contributed by atoms with van der Waals surface area (Å²) in [5.41, 5.74) is 3.19. The average molecular weight is 205 g/mol. The van der Waals surface area contributed by atoms with Crippen LogP contribution in [0, 0.1) is 6.92 Å². The van der Waals surface area contributed by atoms with Gasteiger partial charge < -0.3 is 5.32 Å². The minimum atomic E-state index is 0.180. The third kappa shape index (κ3) is 2.86. The first-order valence-corrected chi connectivity index (χ1v) is 5.41. The van der Waals surface area contributed by atoms with Gasteiger partial charge in [0.1, 0.15) is 0 Å². The van der Waals surface area contributed by atoms with E-state index in [9.17, 15) is 0 Å². The fourth-order valence-electron chi connectivity index (χ4n) is 1.62. The van der Waals surface area contributed by atoms with E-state index >= 15 is 0 Å². The van der Waals surface area contributed by atoms with Crippen LogP contribution in [0.3, 0.4) is 0 Å². The predicted octanol–water partition coefficient (Wildman–Crippen LogP) is 2.18. The van der Waals surface area contributed by atoms with E-state index in [1.54, 1.807) is 0 Å². The minimum absolute atomic E-state index is 0.180. The molecule has 0 aromatic carbocycles. The molecule has 0 aliphatic carbocycles. The molecule has 0 amide bonds. The van der Waals surface area contributed by atoms with Crippen molar-refractivity contribution in [3.05, 3.63) is 35.7 Å². The molecular weight excluding hydrogens is 186 g/mol. The van der Waals surface area contributed by atoms with Crippen molar-refractivity contribution in [3.8, 4) is 0 Å². The first kappa shape index (κ1) is 11.9. The average Bonchev–Trinajstić information content (AvgIpc) is 2.26. The molecule has 1 aromatic heterocycles. The van der Waals surface area contributed by atoms with Crippen LogP contribution >= 0.6 is 0 Å². The highest BCUT2D eigenvalue weighted by Gasteiger charge is 2.12. The lowest BCUT2D eigenvalue weighted by atomic mass is 10.0. The van der Waals surface area contributed by atoms with E-state index in [-0.39, 0.29) is 6.04 Å². The van der Waals surface area contributed by atoms with E-state index in [0.29, 0.717) is 0 Å². The lowest BCUT2D eigenvalue weighted by Gasteiger charge is -2.16. The number of likely N-dealkylation sites (N-methyl/N-ethyl adjacent to an activating group) is 1. The molecule has 0 spiro atoms. The van der Waals surface area contributed by atoms with Gasteiger partial charge in [-0.3, -0.25) is 0 Å². The molecule has 0 saturated carbocycles. The van der Waals surface area contributed by atoms with Crippen LogP contribution in [-0.2, 0) is 6.42 Å². The van der Waals surface area contributed by atoms with Crippen molar-refractivity contribution in [2.45, 2.75) is 33.2 Å². The van der Waals surface area contributed by atoms with E-state index in [2.05, 4.69) is 42.0 Å². The molecule has 0 aliphatic heterocycles. The molecule has 1 aromatic rings. The molecule has 15 heavy (non-hydrogen) atoms. The SMILES string of the molecule is C=CC(NCC)c1cc(C)nnc1CC. The van der Waals surface area contributed by atoms with Gasteiger partial charge in [-0.25, -0.2) is 0 Å². The number of hydrogen-bond acceptors (Lipinski definition) is 3. The number of aryl methyl sites for hydroxylation is 2. The molecule has 0 radical (unpaired) electrons. The second-order valence-corrected chi connectivity index (χ2v) is 3.51. The highest BCUT2D eigenvalue weighted by atomic mass is 15.1. The van der Waals surface area contributed by atoms with Gasteiger partial charge in [-0.1, -0.05) is 19.9 Å². The van der Waals surface area contributed by atoms with E-state index in [0.717, 1.165) is 24.4 Å². The summed E-state index contributed by atoms with van der Waals surface area (Å²) < 4.78 is 0. The van der Waals surface area contributed by atoms with Crippen molar-refractivity contribution in [2.24, 2.45) is 0 Å². The predicted molar refractivity (Wildman–Crippen MR) is 62.8 cm³/mol. The molecular formula is C12H19N3. The van der Waals surface area contributed by atoms with Gasteiger partial charge in [-0.05, 0) is 31.5 Å². The molecule has 0 fully saturated rings. The van der Waals surface area contributed by atoms with Gasteiger partial charge in [0.2, 0.25) is 0 Å². The van der Waals surface area contributed by atoms with Crippen LogP contribution in [0.5, 0.6) is 0 Å². The fraction of sp³-hybridized carbons (Fsp3) is 0.500. The Kier molecular flexibility index (Phi) is 4.43. The highest BCUT2D eigenvalue weighted by molar-refractivity contribution is 5.27. The number of nitrogens with one attached hydrogen (secondary N) is 1. The Morgan fingerprint density at radius 2 is 2.20 bits per heavy atom. The van der Waals surface area contributed by atoms with Crippen LogP contribution in [0.1, 0.15) is 36.8 Å². The van der Waals surface area contributed by atoms with Crippen molar-refractivity contribution in [2.75, 3.05) is 6.54 Å². The van der Waals surface area contributed by atoms with Gasteiger partial charge >= 0.3 is 0 Å². The minimum Gasteiger partial charge on any atom is -0.307 e. The molecule has 0 aliphatic rings. The number of nitrogens with zero attached hydrogens (tertiary/aromatic N) is 2. The summed E-state index contributed by atoms with van der Waals surface area (Å²) in [4.78, 5) is 0. The Morgan fingerprint density at radius 1 is 1.47 bits per heavy atom. The van der Waals surface area contributed by atoms with Gasteiger partial charge in [0.15, 0.2) is 0 Å². The van der Waals surface area contributed by atoms with Crippen LogP contribution in [0.2, 0.25) is 0 Å². The normalized spacial score (nSPS) is 12.5. The lowest BCUT2D eigenvalue weighted by molar-refractivity contribution is 0.634. The topological polar surface area (TPSA) is 37.8 Å². The Labute approximate surface area is 91.6 Å². The van der Waals surface area contributed by atoms with E-state index in [1.165, 1.54) is 5.56 Å². The molecule has 3 nitrogen and oxygen atoms in total. The number of rotatable bonds is 5. The summed E-state index contributed by atoms with van der Waals surface area (Å²) in [6.45, 7) is 10.9. The van der Waals surface area contributed by atoms with E-state index in [1.807, 2.05) is 13.0 Å². The van der Waals surface area contributed by atoms with Crippen molar-refractivity contribution >= 4 is 0 Å². The summed E-state index contributed by atoms with van der Waals surface area (Å²) in [5, 5.41) is 11.7. The summed E-state index contributed by atoms with van der Waals surface area (Å²) >= 11 is 0. The molecule has 1 unspecified atom stereocenters. The second kappa shape index (κ2) is 5.61. The maximum atomic E-state index is 4.21. The Balaban J connectivity index is 3.07. The third-order valence-corrected chi connectivity index (χ3v) is 2.36. The van der Waals surface area contributed by atoms with E-state index in [4.69, 9.17) is 0 Å². The molecule has 0 bridgehead atoms. The largest absolute Gasteiger partial charge is 0.307 e. The van der Waals surface area contributed by atoms with Crippen LogP contribution in [0.4, 0.5) is 0 Å². The van der Waals surface area contributed by atoms with Gasteiger partial charge in [-0.2, -0.15) is 10.2 Å². The molecule has 3 heteroatoms.